The van der Waals surface area contributed by atoms with E-state index in [2.05, 4.69) is 29.3 Å². The number of carbonyl (C=O) groups is 1. The molecule has 1 aromatic heterocycles. The number of anilines is 2. The summed E-state index contributed by atoms with van der Waals surface area (Å²) in [5, 5.41) is 3.99. The molecule has 0 bridgehead atoms. The number of ether oxygens (including phenoxy) is 2. The molecule has 0 spiro atoms. The minimum atomic E-state index is -0.610. The molecule has 3 aromatic carbocycles. The van der Waals surface area contributed by atoms with Gasteiger partial charge in [-0.2, -0.15) is 0 Å². The monoisotopic (exact) mass is 554 g/mol. The van der Waals surface area contributed by atoms with Crippen LogP contribution in [0.2, 0.25) is 0 Å². The number of benzene rings is 3. The van der Waals surface area contributed by atoms with E-state index in [9.17, 15) is 9.59 Å². The Labute approximate surface area is 241 Å². The molecule has 1 aliphatic rings. The Morgan fingerprint density at radius 1 is 1.07 bits per heavy atom. The number of rotatable bonds is 6. The van der Waals surface area contributed by atoms with Gasteiger partial charge in [-0.3, -0.25) is 4.79 Å². The Morgan fingerprint density at radius 2 is 1.80 bits per heavy atom. The molecular weight excluding hydrogens is 516 g/mol. The number of para-hydroxylation sites is 1. The largest absolute Gasteiger partial charge is 0.456 e. The highest BCUT2D eigenvalue weighted by Gasteiger charge is 2.23. The summed E-state index contributed by atoms with van der Waals surface area (Å²) >= 11 is 0. The molecular formula is C34H38N2O5. The minimum absolute atomic E-state index is 0.0987. The quantitative estimate of drug-likeness (QED) is 0.254. The van der Waals surface area contributed by atoms with Crippen LogP contribution in [0, 0.1) is 6.92 Å². The van der Waals surface area contributed by atoms with Gasteiger partial charge >= 0.3 is 5.97 Å². The summed E-state index contributed by atoms with van der Waals surface area (Å²) in [6.45, 7) is 13.9. The molecule has 214 valence electrons. The number of nitrogens with one attached hydrogen (secondary N) is 1. The van der Waals surface area contributed by atoms with Crippen molar-refractivity contribution in [3.05, 3.63) is 93.6 Å². The van der Waals surface area contributed by atoms with Crippen molar-refractivity contribution in [1.29, 1.82) is 0 Å². The van der Waals surface area contributed by atoms with Gasteiger partial charge in [0.1, 0.15) is 16.9 Å². The van der Waals surface area contributed by atoms with Crippen LogP contribution in [0.1, 0.15) is 62.1 Å². The topological polar surface area (TPSA) is 81.0 Å². The number of morpholine rings is 1. The van der Waals surface area contributed by atoms with E-state index in [1.807, 2.05) is 77.1 Å². The molecule has 0 amide bonds. The Hall–Kier alpha value is -4.10. The molecule has 7 nitrogen and oxygen atoms in total. The molecule has 0 saturated carbocycles. The van der Waals surface area contributed by atoms with Crippen molar-refractivity contribution < 1.29 is 18.7 Å². The van der Waals surface area contributed by atoms with E-state index >= 15 is 0 Å². The molecule has 2 unspecified atom stereocenters. The zero-order valence-electron chi connectivity index (χ0n) is 24.6. The third-order valence-electron chi connectivity index (χ3n) is 7.24. The fourth-order valence-electron chi connectivity index (χ4n) is 5.26. The van der Waals surface area contributed by atoms with Gasteiger partial charge in [0.25, 0.3) is 0 Å². The zero-order valence-corrected chi connectivity index (χ0v) is 24.6. The number of hydrogen-bond acceptors (Lipinski definition) is 7. The molecule has 41 heavy (non-hydrogen) atoms. The van der Waals surface area contributed by atoms with Gasteiger partial charge in [-0.15, -0.1) is 0 Å². The Balaban J connectivity index is 1.49. The summed E-state index contributed by atoms with van der Waals surface area (Å²) in [6, 6.07) is 20.9. The van der Waals surface area contributed by atoms with E-state index in [0.29, 0.717) is 47.2 Å². The maximum Gasteiger partial charge on any atom is 0.340 e. The predicted molar refractivity (Wildman–Crippen MR) is 164 cm³/mol. The second-order valence-electron chi connectivity index (χ2n) is 11.8. The van der Waals surface area contributed by atoms with Crippen LogP contribution in [-0.4, -0.2) is 37.4 Å². The molecule has 0 aliphatic carbocycles. The molecule has 2 atom stereocenters. The van der Waals surface area contributed by atoms with Crippen molar-refractivity contribution in [2.24, 2.45) is 0 Å². The molecule has 2 heterocycles. The van der Waals surface area contributed by atoms with Crippen molar-refractivity contribution in [2.75, 3.05) is 30.0 Å². The highest BCUT2D eigenvalue weighted by molar-refractivity contribution is 5.96. The van der Waals surface area contributed by atoms with Gasteiger partial charge in [-0.25, -0.2) is 4.79 Å². The number of aryl methyl sites for hydroxylation is 1. The first-order chi connectivity index (χ1) is 19.5. The third kappa shape index (κ3) is 6.30. The molecule has 1 aliphatic heterocycles. The molecule has 5 rings (SSSR count). The fourth-order valence-corrected chi connectivity index (χ4v) is 5.26. The second-order valence-corrected chi connectivity index (χ2v) is 11.8. The van der Waals surface area contributed by atoms with E-state index in [4.69, 9.17) is 13.9 Å². The van der Waals surface area contributed by atoms with Crippen molar-refractivity contribution >= 4 is 28.3 Å². The molecule has 0 radical (unpaired) electrons. The average Bonchev–Trinajstić information content (AvgIpc) is 2.92. The van der Waals surface area contributed by atoms with E-state index in [-0.39, 0.29) is 11.5 Å². The molecule has 1 saturated heterocycles. The van der Waals surface area contributed by atoms with E-state index in [1.54, 1.807) is 12.1 Å². The maximum atomic E-state index is 13.3. The van der Waals surface area contributed by atoms with Crippen LogP contribution in [0.4, 0.5) is 11.4 Å². The Bertz CT molecular complexity index is 1620. The Morgan fingerprint density at radius 3 is 2.51 bits per heavy atom. The lowest BCUT2D eigenvalue weighted by molar-refractivity contribution is 0.00706. The first kappa shape index (κ1) is 28.4. The van der Waals surface area contributed by atoms with Crippen molar-refractivity contribution in [2.45, 2.75) is 59.2 Å². The fraction of sp³-hybridized carbons (Fsp3) is 0.353. The lowest BCUT2D eigenvalue weighted by Crippen LogP contribution is -2.43. The summed E-state index contributed by atoms with van der Waals surface area (Å²) in [5.74, 6) is 0.112. The van der Waals surface area contributed by atoms with Gasteiger partial charge in [0, 0.05) is 41.2 Å². The van der Waals surface area contributed by atoms with Crippen molar-refractivity contribution in [3.63, 3.8) is 0 Å². The highest BCUT2D eigenvalue weighted by Crippen LogP contribution is 2.32. The van der Waals surface area contributed by atoms with E-state index in [0.717, 1.165) is 28.9 Å². The number of nitrogens with zero attached hydrogens (tertiary/aromatic N) is 1. The molecule has 1 fully saturated rings. The lowest BCUT2D eigenvalue weighted by atomic mass is 10.00. The summed E-state index contributed by atoms with van der Waals surface area (Å²) in [7, 11) is 0. The van der Waals surface area contributed by atoms with Crippen LogP contribution in [-0.2, 0) is 9.47 Å². The highest BCUT2D eigenvalue weighted by atomic mass is 16.6. The smallest absolute Gasteiger partial charge is 0.340 e. The molecule has 4 aromatic rings. The van der Waals surface area contributed by atoms with Crippen LogP contribution in [0.15, 0.2) is 75.9 Å². The van der Waals surface area contributed by atoms with Gasteiger partial charge in [-0.1, -0.05) is 18.2 Å². The van der Waals surface area contributed by atoms with Gasteiger partial charge in [0.15, 0.2) is 5.43 Å². The summed E-state index contributed by atoms with van der Waals surface area (Å²) in [6.07, 6.45) is 0. The summed E-state index contributed by atoms with van der Waals surface area (Å²) in [4.78, 5) is 28.6. The van der Waals surface area contributed by atoms with E-state index in [1.165, 1.54) is 0 Å². The summed E-state index contributed by atoms with van der Waals surface area (Å²) < 4.78 is 17.7. The van der Waals surface area contributed by atoms with E-state index < -0.39 is 11.6 Å². The predicted octanol–water partition coefficient (Wildman–Crippen LogP) is 7.12. The number of fused-ring (bicyclic) bond motifs is 1. The lowest BCUT2D eigenvalue weighted by Gasteiger charge is -2.35. The second kappa shape index (κ2) is 11.4. The number of hydrogen-bond donors (Lipinski definition) is 1. The van der Waals surface area contributed by atoms with Crippen molar-refractivity contribution in [1.82, 2.24) is 0 Å². The van der Waals surface area contributed by atoms with Gasteiger partial charge in [-0.05, 0) is 89.6 Å². The Kier molecular flexibility index (Phi) is 7.91. The van der Waals surface area contributed by atoms with Gasteiger partial charge in [0.05, 0.1) is 30.2 Å². The standard InChI is InChI=1S/C34H38N2O5/c1-21-17-27(23(3)35-29-10-8-7-9-26(29)33(38)41-34(4,5)6)32-28(18-21)30(37)19-31(40-32)24-11-13-25(14-12-24)36-15-16-39-20-22(36)2/h7-14,17-19,22-23,35H,15-16,20H2,1-6H3. The van der Waals surface area contributed by atoms with Crippen LogP contribution in [0.25, 0.3) is 22.3 Å². The van der Waals surface area contributed by atoms with Crippen LogP contribution < -0.4 is 15.6 Å². The van der Waals surface area contributed by atoms with Gasteiger partial charge < -0.3 is 24.1 Å². The zero-order chi connectivity index (χ0) is 29.3. The van der Waals surface area contributed by atoms with Crippen molar-refractivity contribution in [3.8, 4) is 11.3 Å². The number of esters is 1. The number of carbonyl (C=O) groups excluding carboxylic acids is 1. The minimum Gasteiger partial charge on any atom is -0.456 e. The van der Waals surface area contributed by atoms with Crippen LogP contribution in [0.3, 0.4) is 0 Å². The first-order valence-electron chi connectivity index (χ1n) is 14.1. The molecule has 7 heteroatoms. The average molecular weight is 555 g/mol. The SMILES string of the molecule is Cc1cc(C(C)Nc2ccccc2C(=O)OC(C)(C)C)c2oc(-c3ccc(N4CCOCC4C)cc3)cc(=O)c2c1. The summed E-state index contributed by atoms with van der Waals surface area (Å²) in [5.41, 5.74) is 4.64. The van der Waals surface area contributed by atoms with Gasteiger partial charge in [0.2, 0.25) is 0 Å². The third-order valence-corrected chi connectivity index (χ3v) is 7.24. The first-order valence-corrected chi connectivity index (χ1v) is 14.1. The molecule has 1 N–H and O–H groups in total. The van der Waals surface area contributed by atoms with Crippen LogP contribution in [0.5, 0.6) is 0 Å². The normalized spacial score (nSPS) is 16.4. The maximum absolute atomic E-state index is 13.3. The van der Waals surface area contributed by atoms with Crippen LogP contribution >= 0.6 is 0 Å².